The second-order valence-electron chi connectivity index (χ2n) is 19.6. The van der Waals surface area contributed by atoms with E-state index < -0.39 is 47.1 Å². The summed E-state index contributed by atoms with van der Waals surface area (Å²) in [5.74, 6) is -3.05. The van der Waals surface area contributed by atoms with Crippen molar-refractivity contribution in [3.05, 3.63) is 71.5 Å². The fourth-order valence-corrected chi connectivity index (χ4v) is 10.2. The number of ether oxygens (including phenoxy) is 2. The highest BCUT2D eigenvalue weighted by Gasteiger charge is 2.46. The Morgan fingerprint density at radius 3 is 2.58 bits per heavy atom. The van der Waals surface area contributed by atoms with E-state index in [2.05, 4.69) is 39.4 Å². The fraction of sp³-hybridized carbons (Fsp3) is 0.540. The number of phenols is 1. The molecule has 356 valence electrons. The third kappa shape index (κ3) is 10.3. The second-order valence-corrected chi connectivity index (χ2v) is 19.6. The summed E-state index contributed by atoms with van der Waals surface area (Å²) in [4.78, 5) is 65.2. The minimum atomic E-state index is -2.25. The molecule has 0 saturated carbocycles. The van der Waals surface area contributed by atoms with Crippen LogP contribution in [-0.2, 0) is 54.6 Å². The Kier molecular flexibility index (Phi) is 14.6. The number of β-amino-alcohol motifs (C(OH)–C–C–N with tert-alkyl or cyclic N) is 1. The molecule has 7 rings (SSSR count). The number of aliphatic hydroxyl groups is 2. The number of aliphatic hydroxyl groups excluding tert-OH is 1. The molecule has 5 atom stereocenters. The van der Waals surface area contributed by atoms with Gasteiger partial charge in [0, 0.05) is 87.5 Å². The number of aryl methyl sites for hydroxylation is 1. The van der Waals surface area contributed by atoms with Crippen molar-refractivity contribution in [3.8, 4) is 28.1 Å². The Morgan fingerprint density at radius 1 is 1.09 bits per heavy atom. The van der Waals surface area contributed by atoms with Gasteiger partial charge in [0.25, 0.3) is 5.91 Å². The Labute approximate surface area is 387 Å². The Bertz CT molecular complexity index is 2450. The largest absolute Gasteiger partial charge is 0.508 e. The highest BCUT2D eigenvalue weighted by atomic mass is 16.6. The first kappa shape index (κ1) is 48.5. The van der Waals surface area contributed by atoms with Gasteiger partial charge in [-0.1, -0.05) is 39.8 Å². The van der Waals surface area contributed by atoms with Crippen LogP contribution in [-0.4, -0.2) is 134 Å². The molecule has 3 aliphatic heterocycles. The maximum atomic E-state index is 14.7. The van der Waals surface area contributed by atoms with E-state index in [0.29, 0.717) is 56.8 Å². The zero-order chi connectivity index (χ0) is 47.7. The summed E-state index contributed by atoms with van der Waals surface area (Å²) in [5.41, 5.74) is 6.71. The number of aromatic nitrogens is 2. The molecule has 0 unspecified atom stereocenters. The first-order valence-electron chi connectivity index (χ1n) is 23.2. The molecule has 6 bridgehead atoms. The number of cyclic esters (lactones) is 1. The lowest BCUT2D eigenvalue weighted by molar-refractivity contribution is -0.189. The number of nitrogens with one attached hydrogen (secondary N) is 2. The van der Waals surface area contributed by atoms with E-state index in [1.807, 2.05) is 57.0 Å². The lowest BCUT2D eigenvalue weighted by atomic mass is 9.84. The van der Waals surface area contributed by atoms with Crippen molar-refractivity contribution in [2.75, 3.05) is 46.9 Å². The number of nitrogens with zero attached hydrogens (tertiary/aromatic N) is 5. The number of fused-ring (bicyclic) bond motifs is 6. The van der Waals surface area contributed by atoms with Gasteiger partial charge in [-0.25, -0.2) is 4.79 Å². The molecule has 2 fully saturated rings. The van der Waals surface area contributed by atoms with Gasteiger partial charge in [-0.05, 0) is 104 Å². The van der Waals surface area contributed by atoms with Gasteiger partial charge >= 0.3 is 5.97 Å². The summed E-state index contributed by atoms with van der Waals surface area (Å²) < 4.78 is 13.8. The molecule has 0 aliphatic carbocycles. The van der Waals surface area contributed by atoms with Crippen LogP contribution in [0.25, 0.3) is 33.3 Å². The van der Waals surface area contributed by atoms with Crippen LogP contribution < -0.4 is 10.7 Å². The summed E-state index contributed by atoms with van der Waals surface area (Å²) in [5, 5.41) is 38.2. The molecule has 0 spiro atoms. The molecule has 4 aromatic rings. The van der Waals surface area contributed by atoms with Crippen LogP contribution in [0.15, 0.2) is 54.9 Å². The van der Waals surface area contributed by atoms with Crippen LogP contribution in [0.5, 0.6) is 5.75 Å². The van der Waals surface area contributed by atoms with Gasteiger partial charge in [-0.2, -0.15) is 5.43 Å². The molecular weight excluding hydrogens is 843 g/mol. The number of hydrogen-bond acceptors (Lipinski definition) is 12. The lowest BCUT2D eigenvalue weighted by Gasteiger charge is -2.40. The highest BCUT2D eigenvalue weighted by Crippen LogP contribution is 2.41. The molecule has 0 radical (unpaired) electrons. The number of aromatic hydroxyl groups is 1. The van der Waals surface area contributed by atoms with E-state index in [-0.39, 0.29) is 55.9 Å². The van der Waals surface area contributed by atoms with Gasteiger partial charge in [0.15, 0.2) is 0 Å². The van der Waals surface area contributed by atoms with Crippen molar-refractivity contribution in [1.29, 1.82) is 0 Å². The Morgan fingerprint density at radius 2 is 1.86 bits per heavy atom. The molecule has 2 aromatic carbocycles. The number of esters is 1. The number of amides is 3. The minimum Gasteiger partial charge on any atom is -0.508 e. The van der Waals surface area contributed by atoms with E-state index in [1.54, 1.807) is 39.4 Å². The van der Waals surface area contributed by atoms with E-state index >= 15 is 0 Å². The third-order valence-electron chi connectivity index (χ3n) is 13.2. The molecule has 5 heterocycles. The topological polar surface area (TPSA) is 199 Å². The number of rotatable bonds is 11. The van der Waals surface area contributed by atoms with Crippen molar-refractivity contribution in [1.82, 2.24) is 35.1 Å². The predicted molar refractivity (Wildman–Crippen MR) is 249 cm³/mol. The van der Waals surface area contributed by atoms with Gasteiger partial charge in [0.2, 0.25) is 17.5 Å². The van der Waals surface area contributed by atoms with Gasteiger partial charge in [-0.3, -0.25) is 29.3 Å². The monoisotopic (exact) mass is 910 g/mol. The molecule has 3 amide bonds. The fourth-order valence-electron chi connectivity index (χ4n) is 10.2. The van der Waals surface area contributed by atoms with Gasteiger partial charge in [-0.15, -0.1) is 0 Å². The Balaban J connectivity index is 1.31. The smallest absolute Gasteiger partial charge is 0.355 e. The van der Waals surface area contributed by atoms with Gasteiger partial charge < -0.3 is 39.6 Å². The molecule has 3 aliphatic rings. The first-order valence-corrected chi connectivity index (χ1v) is 23.2. The van der Waals surface area contributed by atoms with E-state index in [4.69, 9.17) is 9.47 Å². The Hall–Kier alpha value is -5.39. The number of phenolic OH excluding ortho intramolecular Hbond substituents is 1. The van der Waals surface area contributed by atoms with E-state index in [1.165, 1.54) is 4.90 Å². The average molecular weight is 910 g/mol. The molecule has 16 heteroatoms. The molecule has 16 nitrogen and oxygen atoms in total. The van der Waals surface area contributed by atoms with E-state index in [9.17, 15) is 34.5 Å². The predicted octanol–water partition coefficient (Wildman–Crippen LogP) is 4.40. The van der Waals surface area contributed by atoms with Crippen LogP contribution in [0, 0.1) is 17.3 Å². The number of pyridine rings is 1. The van der Waals surface area contributed by atoms with Gasteiger partial charge in [0.1, 0.15) is 17.8 Å². The lowest BCUT2D eigenvalue weighted by Crippen LogP contribution is -2.67. The highest BCUT2D eigenvalue weighted by molar-refractivity contribution is 5.96. The SMILES string of the molecule is CCn1c(-c2cnccc2COC)c2c3cc(ccc31)-c1cc(O)cc(c1)C[C@H](NC(=O)[C@H](C(C)C)N(C)C(=O)[C@H]1CCN(C[C@H](C)O)C1)C(=O)N1CCC[C@@](O)(N1)C(=O)OCC(C)(C)C2. The second kappa shape index (κ2) is 19.8. The third-order valence-corrected chi connectivity index (χ3v) is 13.2. The number of hydrazine groups is 1. The number of carbonyl (C=O) groups is 4. The normalized spacial score (nSPS) is 22.5. The number of methoxy groups -OCH3 is 1. The summed E-state index contributed by atoms with van der Waals surface area (Å²) >= 11 is 0. The summed E-state index contributed by atoms with van der Waals surface area (Å²) in [6.45, 7) is 14.1. The van der Waals surface area contributed by atoms with Crippen molar-refractivity contribution in [3.63, 3.8) is 0 Å². The standard InChI is InChI=1S/C50H67N7O9/c1-9-56-42-12-11-33-23-38(42)39(44(56)40-25-51-16-13-35(40)28-65-8)24-49(5,6)29-66-48(63)50(64)15-10-17-57(53-50)47(62)41(21-32-19-36(33)22-37(59)20-32)52-45(60)43(30(2)3)54(7)46(61)34-14-18-55(27-34)26-31(4)58/h11-13,16,19-20,22-23,25,30-31,34,41,43,53,58-59,64H,9-10,14-15,17-18,21,24,26-29H2,1-8H3,(H,52,60)/t31-,34-,41-,43-,50-/m0/s1. The number of likely N-dealkylation sites (N-methyl/N-ethyl adjacent to an activating group) is 1. The van der Waals surface area contributed by atoms with Crippen molar-refractivity contribution >= 4 is 34.6 Å². The van der Waals surface area contributed by atoms with Crippen LogP contribution >= 0.6 is 0 Å². The van der Waals surface area contributed by atoms with Crippen molar-refractivity contribution < 1.29 is 44.0 Å². The summed E-state index contributed by atoms with van der Waals surface area (Å²) in [7, 11) is 3.26. The minimum absolute atomic E-state index is 0.0265. The molecule has 66 heavy (non-hydrogen) atoms. The zero-order valence-corrected chi connectivity index (χ0v) is 39.6. The first-order chi connectivity index (χ1) is 31.3. The number of carbonyl (C=O) groups excluding carboxylic acids is 4. The number of benzene rings is 2. The van der Waals surface area contributed by atoms with Crippen LogP contribution in [0.1, 0.15) is 77.5 Å². The van der Waals surface area contributed by atoms with Crippen LogP contribution in [0.2, 0.25) is 0 Å². The quantitative estimate of drug-likeness (QED) is 0.133. The maximum absolute atomic E-state index is 14.7. The maximum Gasteiger partial charge on any atom is 0.355 e. The zero-order valence-electron chi connectivity index (χ0n) is 39.6. The van der Waals surface area contributed by atoms with Gasteiger partial charge in [0.05, 0.1) is 30.9 Å². The number of likely N-dealkylation sites (tertiary alicyclic amines) is 1. The summed E-state index contributed by atoms with van der Waals surface area (Å²) in [6.07, 6.45) is 4.26. The molecule has 2 saturated heterocycles. The molecule has 2 aromatic heterocycles. The van der Waals surface area contributed by atoms with Crippen LogP contribution in [0.4, 0.5) is 0 Å². The van der Waals surface area contributed by atoms with Crippen LogP contribution in [0.3, 0.4) is 0 Å². The van der Waals surface area contributed by atoms with Crippen molar-refractivity contribution in [2.24, 2.45) is 17.3 Å². The number of hydrogen-bond donors (Lipinski definition) is 5. The molecular formula is C50H67N7O9. The summed E-state index contributed by atoms with van der Waals surface area (Å²) in [6, 6.07) is 11.0. The average Bonchev–Trinajstić information content (AvgIpc) is 3.85. The van der Waals surface area contributed by atoms with E-state index in [0.717, 1.165) is 43.9 Å². The molecule has 5 N–H and O–H groups in total. The van der Waals surface area contributed by atoms with Crippen molar-refractivity contribution in [2.45, 2.75) is 111 Å².